The summed E-state index contributed by atoms with van der Waals surface area (Å²) >= 11 is 0. The molecule has 7 heteroatoms. The summed E-state index contributed by atoms with van der Waals surface area (Å²) in [5, 5.41) is 10.3. The predicted octanol–water partition coefficient (Wildman–Crippen LogP) is 0.330. The first-order valence-electron chi connectivity index (χ1n) is 4.01. The molecule has 1 saturated heterocycles. The SMILES string of the molecule is CCC1(N)CNC1.O=C(O)C(F)(F)F. The predicted molar refractivity (Wildman–Crippen MR) is 43.8 cm³/mol. The normalized spacial score (nSPS) is 18.9. The third-order valence-corrected chi connectivity index (χ3v) is 1.90. The lowest BCUT2D eigenvalue weighted by atomic mass is 9.91. The zero-order valence-corrected chi connectivity index (χ0v) is 7.69. The van der Waals surface area contributed by atoms with Gasteiger partial charge in [-0.3, -0.25) is 0 Å². The van der Waals surface area contributed by atoms with Gasteiger partial charge in [-0.05, 0) is 6.42 Å². The molecule has 0 saturated carbocycles. The second kappa shape index (κ2) is 4.61. The molecule has 4 N–H and O–H groups in total. The maximum atomic E-state index is 10.6. The van der Waals surface area contributed by atoms with Gasteiger partial charge in [0.15, 0.2) is 0 Å². The number of carbonyl (C=O) groups is 1. The summed E-state index contributed by atoms with van der Waals surface area (Å²) in [7, 11) is 0. The summed E-state index contributed by atoms with van der Waals surface area (Å²) in [5.74, 6) is -2.76. The van der Waals surface area contributed by atoms with Crippen LogP contribution >= 0.6 is 0 Å². The Morgan fingerprint density at radius 1 is 1.57 bits per heavy atom. The van der Waals surface area contributed by atoms with Crippen LogP contribution in [-0.2, 0) is 4.79 Å². The van der Waals surface area contributed by atoms with Crippen LogP contribution in [0.15, 0.2) is 0 Å². The van der Waals surface area contributed by atoms with Crippen LogP contribution in [0.2, 0.25) is 0 Å². The third-order valence-electron chi connectivity index (χ3n) is 1.90. The molecule has 0 aliphatic carbocycles. The Bertz CT molecular complexity index is 196. The van der Waals surface area contributed by atoms with Gasteiger partial charge in [0, 0.05) is 18.6 Å². The van der Waals surface area contributed by atoms with Crippen molar-refractivity contribution in [3.8, 4) is 0 Å². The van der Waals surface area contributed by atoms with Crippen molar-refractivity contribution < 1.29 is 23.1 Å². The molecule has 1 aliphatic rings. The number of aliphatic carboxylic acids is 1. The molecule has 0 atom stereocenters. The number of hydrogen-bond donors (Lipinski definition) is 3. The molecule has 1 aliphatic heterocycles. The van der Waals surface area contributed by atoms with Crippen LogP contribution in [0, 0.1) is 0 Å². The van der Waals surface area contributed by atoms with Gasteiger partial charge in [-0.15, -0.1) is 0 Å². The standard InChI is InChI=1S/C5H12N2.C2HF3O2/c1-2-5(6)3-7-4-5;3-2(4,5)1(6)7/h7H,2-4,6H2,1H3;(H,6,7). The molecule has 0 aromatic rings. The van der Waals surface area contributed by atoms with Crippen LogP contribution in [0.25, 0.3) is 0 Å². The highest BCUT2D eigenvalue weighted by Gasteiger charge is 2.38. The highest BCUT2D eigenvalue weighted by molar-refractivity contribution is 5.73. The Morgan fingerprint density at radius 3 is 1.93 bits per heavy atom. The summed E-state index contributed by atoms with van der Waals surface area (Å²) in [6.07, 6.45) is -3.99. The van der Waals surface area contributed by atoms with Crippen molar-refractivity contribution in [3.63, 3.8) is 0 Å². The van der Waals surface area contributed by atoms with E-state index in [1.54, 1.807) is 0 Å². The average Bonchev–Trinajstić information content (AvgIpc) is 1.99. The van der Waals surface area contributed by atoms with E-state index >= 15 is 0 Å². The van der Waals surface area contributed by atoms with E-state index in [2.05, 4.69) is 12.2 Å². The molecular formula is C7H13F3N2O2. The fraction of sp³-hybridized carbons (Fsp3) is 0.857. The minimum Gasteiger partial charge on any atom is -0.475 e. The zero-order chi connectivity index (χ0) is 11.4. The van der Waals surface area contributed by atoms with E-state index in [0.29, 0.717) is 0 Å². The molecule has 4 nitrogen and oxygen atoms in total. The van der Waals surface area contributed by atoms with Crippen molar-refractivity contribution in [1.29, 1.82) is 0 Å². The molecule has 14 heavy (non-hydrogen) atoms. The molecule has 1 heterocycles. The van der Waals surface area contributed by atoms with Gasteiger partial charge in [-0.1, -0.05) is 6.92 Å². The van der Waals surface area contributed by atoms with Gasteiger partial charge < -0.3 is 16.2 Å². The van der Waals surface area contributed by atoms with Crippen molar-refractivity contribution >= 4 is 5.97 Å². The molecule has 1 fully saturated rings. The molecule has 0 spiro atoms. The molecule has 0 bridgehead atoms. The van der Waals surface area contributed by atoms with Gasteiger partial charge in [0.05, 0.1) is 0 Å². The lowest BCUT2D eigenvalue weighted by Crippen LogP contribution is -2.65. The Labute approximate surface area is 79.3 Å². The van der Waals surface area contributed by atoms with E-state index < -0.39 is 12.1 Å². The number of nitrogens with one attached hydrogen (secondary N) is 1. The van der Waals surface area contributed by atoms with Gasteiger partial charge in [-0.2, -0.15) is 13.2 Å². The summed E-state index contributed by atoms with van der Waals surface area (Å²) < 4.78 is 31.7. The zero-order valence-electron chi connectivity index (χ0n) is 7.69. The first-order chi connectivity index (χ1) is 6.21. The number of hydrogen-bond acceptors (Lipinski definition) is 3. The van der Waals surface area contributed by atoms with E-state index in [-0.39, 0.29) is 5.54 Å². The fourth-order valence-corrected chi connectivity index (χ4v) is 0.696. The quantitative estimate of drug-likeness (QED) is 0.588. The smallest absolute Gasteiger partial charge is 0.475 e. The Kier molecular flexibility index (Phi) is 4.34. The monoisotopic (exact) mass is 214 g/mol. The number of nitrogens with two attached hydrogens (primary N) is 1. The maximum absolute atomic E-state index is 10.6. The van der Waals surface area contributed by atoms with Crippen molar-refractivity contribution in [1.82, 2.24) is 5.32 Å². The van der Waals surface area contributed by atoms with Gasteiger partial charge in [0.1, 0.15) is 0 Å². The van der Waals surface area contributed by atoms with E-state index in [1.807, 2.05) is 0 Å². The van der Waals surface area contributed by atoms with Crippen LogP contribution in [0.4, 0.5) is 13.2 Å². The lowest BCUT2D eigenvalue weighted by molar-refractivity contribution is -0.192. The number of rotatable bonds is 1. The Morgan fingerprint density at radius 2 is 1.93 bits per heavy atom. The third kappa shape index (κ3) is 4.43. The van der Waals surface area contributed by atoms with Crippen LogP contribution < -0.4 is 11.1 Å². The van der Waals surface area contributed by atoms with Gasteiger partial charge in [0.2, 0.25) is 0 Å². The summed E-state index contributed by atoms with van der Waals surface area (Å²) in [4.78, 5) is 8.90. The average molecular weight is 214 g/mol. The number of carboxylic acids is 1. The van der Waals surface area contributed by atoms with Crippen LogP contribution in [0.5, 0.6) is 0 Å². The minimum absolute atomic E-state index is 0.153. The molecule has 84 valence electrons. The first kappa shape index (κ1) is 13.2. The van der Waals surface area contributed by atoms with Gasteiger partial charge >= 0.3 is 12.1 Å². The summed E-state index contributed by atoms with van der Waals surface area (Å²) in [5.41, 5.74) is 5.89. The van der Waals surface area contributed by atoms with Crippen molar-refractivity contribution in [3.05, 3.63) is 0 Å². The summed E-state index contributed by atoms with van der Waals surface area (Å²) in [6, 6.07) is 0. The second-order valence-corrected chi connectivity index (χ2v) is 3.12. The van der Waals surface area contributed by atoms with E-state index in [1.165, 1.54) is 0 Å². The highest BCUT2D eigenvalue weighted by Crippen LogP contribution is 2.13. The van der Waals surface area contributed by atoms with Crippen LogP contribution in [-0.4, -0.2) is 35.9 Å². The van der Waals surface area contributed by atoms with Gasteiger partial charge in [0.25, 0.3) is 0 Å². The Balaban J connectivity index is 0.000000241. The van der Waals surface area contributed by atoms with Crippen molar-refractivity contribution in [2.75, 3.05) is 13.1 Å². The van der Waals surface area contributed by atoms with Crippen LogP contribution in [0.3, 0.4) is 0 Å². The second-order valence-electron chi connectivity index (χ2n) is 3.12. The van der Waals surface area contributed by atoms with Crippen molar-refractivity contribution in [2.24, 2.45) is 5.73 Å². The molecule has 0 radical (unpaired) electrons. The highest BCUT2D eigenvalue weighted by atomic mass is 19.4. The topological polar surface area (TPSA) is 75.3 Å². The molecule has 0 aromatic heterocycles. The minimum atomic E-state index is -5.08. The first-order valence-corrected chi connectivity index (χ1v) is 4.01. The number of carboxylic acid groups (broad SMARTS) is 1. The Hall–Kier alpha value is -0.820. The molecule has 0 aromatic carbocycles. The fourth-order valence-electron chi connectivity index (χ4n) is 0.696. The summed E-state index contributed by atoms with van der Waals surface area (Å²) in [6.45, 7) is 4.13. The van der Waals surface area contributed by atoms with Crippen molar-refractivity contribution in [2.45, 2.75) is 25.1 Å². The molecule has 0 unspecified atom stereocenters. The molecule has 0 amide bonds. The van der Waals surface area contributed by atoms with Gasteiger partial charge in [-0.25, -0.2) is 4.79 Å². The van der Waals surface area contributed by atoms with E-state index in [4.69, 9.17) is 15.6 Å². The number of halogens is 3. The molecule has 1 rings (SSSR count). The van der Waals surface area contributed by atoms with E-state index in [0.717, 1.165) is 19.5 Å². The number of alkyl halides is 3. The lowest BCUT2D eigenvalue weighted by Gasteiger charge is -2.38. The largest absolute Gasteiger partial charge is 0.490 e. The van der Waals surface area contributed by atoms with Crippen LogP contribution in [0.1, 0.15) is 13.3 Å². The van der Waals surface area contributed by atoms with E-state index in [9.17, 15) is 13.2 Å². The maximum Gasteiger partial charge on any atom is 0.490 e. The molecular weight excluding hydrogens is 201 g/mol.